The lowest BCUT2D eigenvalue weighted by Crippen LogP contribution is -2.42. The third-order valence-electron chi connectivity index (χ3n) is 4.76. The van der Waals surface area contributed by atoms with Gasteiger partial charge in [0.05, 0.1) is 19.1 Å². The molecular weight excluding hydrogens is 360 g/mol. The smallest absolute Gasteiger partial charge is 0.335 e. The number of carboxylic acid groups (broad SMARTS) is 1. The predicted octanol–water partition coefficient (Wildman–Crippen LogP) is 2.31. The number of carbonyl (C=O) groups excluding carboxylic acids is 2. The molecule has 1 aliphatic rings. The molecule has 2 N–H and O–H groups in total. The van der Waals surface area contributed by atoms with Gasteiger partial charge in [-0.25, -0.2) is 4.79 Å². The molecule has 0 saturated carbocycles. The van der Waals surface area contributed by atoms with Gasteiger partial charge in [-0.15, -0.1) is 0 Å². The fourth-order valence-electron chi connectivity index (χ4n) is 3.24. The minimum atomic E-state index is -1.03. The van der Waals surface area contributed by atoms with Crippen LogP contribution in [-0.4, -0.2) is 47.5 Å². The number of carboxylic acids is 1. The average molecular weight is 382 g/mol. The Balaban J connectivity index is 1.88. The summed E-state index contributed by atoms with van der Waals surface area (Å²) in [7, 11) is 1.28. The Hall–Kier alpha value is -3.35. The van der Waals surface area contributed by atoms with Gasteiger partial charge in [0, 0.05) is 18.8 Å². The van der Waals surface area contributed by atoms with Crippen molar-refractivity contribution in [1.29, 1.82) is 0 Å². The predicted molar refractivity (Wildman–Crippen MR) is 103 cm³/mol. The second-order valence-electron chi connectivity index (χ2n) is 6.65. The van der Waals surface area contributed by atoms with Gasteiger partial charge in [-0.05, 0) is 35.7 Å². The van der Waals surface area contributed by atoms with E-state index in [9.17, 15) is 19.5 Å². The van der Waals surface area contributed by atoms with Crippen LogP contribution >= 0.6 is 0 Å². The molecule has 146 valence electrons. The molecule has 0 aliphatic carbocycles. The first-order chi connectivity index (χ1) is 13.5. The number of hydrogen-bond acceptors (Lipinski definition) is 5. The Kier molecular flexibility index (Phi) is 5.93. The van der Waals surface area contributed by atoms with E-state index in [2.05, 4.69) is 5.32 Å². The summed E-state index contributed by atoms with van der Waals surface area (Å²) in [5.74, 6) is -1.73. The molecule has 1 amide bonds. The van der Waals surface area contributed by atoms with Crippen LogP contribution in [0.25, 0.3) is 0 Å². The van der Waals surface area contributed by atoms with E-state index in [-0.39, 0.29) is 24.4 Å². The van der Waals surface area contributed by atoms with Crippen molar-refractivity contribution in [2.24, 2.45) is 0 Å². The molecule has 2 aromatic rings. The van der Waals surface area contributed by atoms with Crippen molar-refractivity contribution >= 4 is 23.5 Å². The molecule has 1 heterocycles. The number of carbonyl (C=O) groups is 3. The van der Waals surface area contributed by atoms with Gasteiger partial charge >= 0.3 is 11.9 Å². The lowest BCUT2D eigenvalue weighted by Gasteiger charge is -2.24. The van der Waals surface area contributed by atoms with Crippen molar-refractivity contribution in [3.63, 3.8) is 0 Å². The van der Waals surface area contributed by atoms with Crippen LogP contribution in [0.1, 0.15) is 27.9 Å². The SMILES string of the molecule is COC(=O)C[C@@H]1Nc2ccc(C(=O)O)cc2CN(CCc2ccccc2)C1=O. The zero-order valence-corrected chi connectivity index (χ0v) is 15.6. The van der Waals surface area contributed by atoms with Gasteiger partial charge in [0.2, 0.25) is 5.91 Å². The van der Waals surface area contributed by atoms with Crippen LogP contribution in [0.15, 0.2) is 48.5 Å². The van der Waals surface area contributed by atoms with Crippen molar-refractivity contribution in [3.8, 4) is 0 Å². The number of amides is 1. The maximum Gasteiger partial charge on any atom is 0.335 e. The monoisotopic (exact) mass is 382 g/mol. The molecule has 2 aromatic carbocycles. The van der Waals surface area contributed by atoms with Crippen LogP contribution < -0.4 is 5.32 Å². The number of nitrogens with one attached hydrogen (secondary N) is 1. The van der Waals surface area contributed by atoms with E-state index in [1.807, 2.05) is 30.3 Å². The van der Waals surface area contributed by atoms with E-state index in [1.54, 1.807) is 17.0 Å². The molecule has 0 aromatic heterocycles. The fraction of sp³-hybridized carbons (Fsp3) is 0.286. The number of anilines is 1. The summed E-state index contributed by atoms with van der Waals surface area (Å²) in [6.07, 6.45) is 0.558. The molecule has 1 aliphatic heterocycles. The fourth-order valence-corrected chi connectivity index (χ4v) is 3.24. The number of esters is 1. The summed E-state index contributed by atoms with van der Waals surface area (Å²) in [4.78, 5) is 37.8. The molecule has 0 spiro atoms. The lowest BCUT2D eigenvalue weighted by atomic mass is 10.1. The molecule has 0 unspecified atom stereocenters. The van der Waals surface area contributed by atoms with Crippen LogP contribution in [0.5, 0.6) is 0 Å². The summed E-state index contributed by atoms with van der Waals surface area (Å²) < 4.78 is 4.72. The third kappa shape index (κ3) is 4.49. The van der Waals surface area contributed by atoms with Crippen molar-refractivity contribution in [1.82, 2.24) is 4.90 Å². The maximum absolute atomic E-state index is 13.0. The second kappa shape index (κ2) is 8.56. The first-order valence-electron chi connectivity index (χ1n) is 9.00. The summed E-state index contributed by atoms with van der Waals surface area (Å²) in [5, 5.41) is 12.4. The Morgan fingerprint density at radius 3 is 2.64 bits per heavy atom. The molecule has 0 bridgehead atoms. The molecule has 28 heavy (non-hydrogen) atoms. The van der Waals surface area contributed by atoms with Gasteiger partial charge in [0.25, 0.3) is 0 Å². The highest BCUT2D eigenvalue weighted by Crippen LogP contribution is 2.26. The van der Waals surface area contributed by atoms with E-state index in [4.69, 9.17) is 4.74 Å². The Morgan fingerprint density at radius 2 is 1.96 bits per heavy atom. The summed E-state index contributed by atoms with van der Waals surface area (Å²) in [5.41, 5.74) is 2.60. The minimum Gasteiger partial charge on any atom is -0.478 e. The zero-order valence-electron chi connectivity index (χ0n) is 15.6. The maximum atomic E-state index is 13.0. The van der Waals surface area contributed by atoms with Crippen molar-refractivity contribution in [3.05, 3.63) is 65.2 Å². The first kappa shape index (κ1) is 19.4. The summed E-state index contributed by atoms with van der Waals surface area (Å²) in [6, 6.07) is 13.7. The number of methoxy groups -OCH3 is 1. The zero-order chi connectivity index (χ0) is 20.1. The first-order valence-corrected chi connectivity index (χ1v) is 9.00. The van der Waals surface area contributed by atoms with Crippen molar-refractivity contribution in [2.75, 3.05) is 19.0 Å². The normalized spacial score (nSPS) is 16.0. The topological polar surface area (TPSA) is 95.9 Å². The highest BCUT2D eigenvalue weighted by molar-refractivity contribution is 5.92. The Morgan fingerprint density at radius 1 is 1.21 bits per heavy atom. The number of nitrogens with zero attached hydrogens (tertiary/aromatic N) is 1. The molecular formula is C21H22N2O5. The second-order valence-corrected chi connectivity index (χ2v) is 6.65. The van der Waals surface area contributed by atoms with Gasteiger partial charge in [-0.1, -0.05) is 30.3 Å². The highest BCUT2D eigenvalue weighted by atomic mass is 16.5. The molecule has 0 saturated heterocycles. The average Bonchev–Trinajstić information content (AvgIpc) is 2.83. The van der Waals surface area contributed by atoms with Crippen LogP contribution in [0.4, 0.5) is 5.69 Å². The summed E-state index contributed by atoms with van der Waals surface area (Å²) >= 11 is 0. The Bertz CT molecular complexity index is 882. The number of aromatic carboxylic acids is 1. The molecule has 0 radical (unpaired) electrons. The number of ether oxygens (including phenoxy) is 1. The number of fused-ring (bicyclic) bond motifs is 1. The molecule has 7 nitrogen and oxygen atoms in total. The van der Waals surface area contributed by atoms with Crippen LogP contribution in [-0.2, 0) is 27.3 Å². The van der Waals surface area contributed by atoms with Gasteiger partial charge in [-0.3, -0.25) is 9.59 Å². The van der Waals surface area contributed by atoms with Crippen LogP contribution in [0.2, 0.25) is 0 Å². The number of rotatable bonds is 6. The quantitative estimate of drug-likeness (QED) is 0.745. The van der Waals surface area contributed by atoms with Gasteiger partial charge < -0.3 is 20.1 Å². The van der Waals surface area contributed by atoms with E-state index < -0.39 is 18.0 Å². The van der Waals surface area contributed by atoms with Gasteiger partial charge in [0.15, 0.2) is 0 Å². The van der Waals surface area contributed by atoms with Crippen LogP contribution in [0, 0.1) is 0 Å². The molecule has 1 atom stereocenters. The van der Waals surface area contributed by atoms with E-state index in [0.29, 0.717) is 24.2 Å². The minimum absolute atomic E-state index is 0.0999. The van der Waals surface area contributed by atoms with Crippen molar-refractivity contribution < 1.29 is 24.2 Å². The van der Waals surface area contributed by atoms with E-state index >= 15 is 0 Å². The standard InChI is InChI=1S/C21H22N2O5/c1-28-19(24)12-18-20(25)23(10-9-14-5-3-2-4-6-14)13-16-11-15(21(26)27)7-8-17(16)22-18/h2-8,11,18,22H,9-10,12-13H2,1H3,(H,26,27)/t18-/m0/s1. The molecule has 3 rings (SSSR count). The number of hydrogen-bond donors (Lipinski definition) is 2. The third-order valence-corrected chi connectivity index (χ3v) is 4.76. The lowest BCUT2D eigenvalue weighted by molar-refractivity contribution is -0.144. The summed E-state index contributed by atoms with van der Waals surface area (Å²) in [6.45, 7) is 0.728. The Labute approximate surface area is 162 Å². The largest absolute Gasteiger partial charge is 0.478 e. The van der Waals surface area contributed by atoms with Gasteiger partial charge in [-0.2, -0.15) is 0 Å². The molecule has 0 fully saturated rings. The number of benzene rings is 2. The van der Waals surface area contributed by atoms with Crippen LogP contribution in [0.3, 0.4) is 0 Å². The van der Waals surface area contributed by atoms with Crippen molar-refractivity contribution in [2.45, 2.75) is 25.4 Å². The van der Waals surface area contributed by atoms with Gasteiger partial charge in [0.1, 0.15) is 6.04 Å². The highest BCUT2D eigenvalue weighted by Gasteiger charge is 2.31. The van der Waals surface area contributed by atoms with E-state index in [1.165, 1.54) is 13.2 Å². The van der Waals surface area contributed by atoms with E-state index in [0.717, 1.165) is 5.56 Å². The molecule has 7 heteroatoms.